The molecule has 0 fully saturated rings. The van der Waals surface area contributed by atoms with E-state index in [0.29, 0.717) is 11.3 Å². The lowest BCUT2D eigenvalue weighted by atomic mass is 10.4. The van der Waals surface area contributed by atoms with Crippen molar-refractivity contribution in [2.45, 2.75) is 17.6 Å². The van der Waals surface area contributed by atoms with E-state index in [2.05, 4.69) is 16.6 Å². The fourth-order valence-electron chi connectivity index (χ4n) is 0.969. The third-order valence-electron chi connectivity index (χ3n) is 1.68. The van der Waals surface area contributed by atoms with Crippen LogP contribution in [0.25, 0.3) is 0 Å². The average Bonchev–Trinajstić information content (AvgIpc) is 2.73. The lowest BCUT2D eigenvalue weighted by molar-refractivity contribution is 0.584. The highest BCUT2D eigenvalue weighted by Crippen LogP contribution is 2.20. The van der Waals surface area contributed by atoms with Gasteiger partial charge in [0, 0.05) is 13.0 Å². The van der Waals surface area contributed by atoms with Gasteiger partial charge in [-0.3, -0.25) is 0 Å². The van der Waals surface area contributed by atoms with Crippen LogP contribution in [0.5, 0.6) is 0 Å². The summed E-state index contributed by atoms with van der Waals surface area (Å²) in [6.07, 6.45) is 0.478. The minimum absolute atomic E-state index is 0.161. The number of sulfonamides is 1. The normalized spacial score (nSPS) is 10.2. The Labute approximate surface area is 99.0 Å². The fraction of sp³-hybridized carbons (Fsp3) is 0.300. The molecule has 1 heterocycles. The number of nitrogens with one attached hydrogen (secondary N) is 1. The summed E-state index contributed by atoms with van der Waals surface area (Å²) in [4.78, 5) is 0.383. The van der Waals surface area contributed by atoms with Crippen molar-refractivity contribution in [3.8, 4) is 17.9 Å². The molecule has 0 spiro atoms. The molecule has 0 unspecified atom stereocenters. The van der Waals surface area contributed by atoms with Crippen LogP contribution >= 0.6 is 11.3 Å². The minimum Gasteiger partial charge on any atom is -0.209 e. The van der Waals surface area contributed by atoms with Crippen molar-refractivity contribution >= 4 is 21.4 Å². The summed E-state index contributed by atoms with van der Waals surface area (Å²) in [7, 11) is -3.48. The number of hydrogen-bond donors (Lipinski definition) is 1. The van der Waals surface area contributed by atoms with Gasteiger partial charge in [-0.2, -0.15) is 5.26 Å². The molecule has 0 aliphatic heterocycles. The Hall–Kier alpha value is -1.34. The van der Waals surface area contributed by atoms with E-state index in [0.717, 1.165) is 11.3 Å². The van der Waals surface area contributed by atoms with Gasteiger partial charge in [-0.25, -0.2) is 13.1 Å². The van der Waals surface area contributed by atoms with Gasteiger partial charge in [-0.15, -0.1) is 23.2 Å². The molecule has 0 aliphatic rings. The van der Waals surface area contributed by atoms with Crippen molar-refractivity contribution in [3.05, 3.63) is 17.0 Å². The lowest BCUT2D eigenvalue weighted by Crippen LogP contribution is -2.23. The van der Waals surface area contributed by atoms with Crippen LogP contribution < -0.4 is 4.72 Å². The molecule has 6 heteroatoms. The van der Waals surface area contributed by atoms with Gasteiger partial charge in [0.1, 0.15) is 15.2 Å². The van der Waals surface area contributed by atoms with E-state index in [1.165, 1.54) is 12.1 Å². The third-order valence-corrected chi connectivity index (χ3v) is 4.62. The zero-order chi connectivity index (χ0) is 12.0. The number of thiophene rings is 1. The van der Waals surface area contributed by atoms with Crippen LogP contribution in [-0.2, 0) is 10.0 Å². The molecule has 0 bridgehead atoms. The average molecular weight is 254 g/mol. The molecule has 0 saturated heterocycles. The van der Waals surface area contributed by atoms with E-state index in [9.17, 15) is 8.42 Å². The second kappa shape index (κ2) is 5.66. The molecule has 0 aromatic carbocycles. The molecule has 84 valence electrons. The maximum absolute atomic E-state index is 11.7. The topological polar surface area (TPSA) is 70.0 Å². The molecule has 4 nitrogen and oxygen atoms in total. The number of rotatable bonds is 4. The van der Waals surface area contributed by atoms with Gasteiger partial charge in [-0.05, 0) is 19.1 Å². The van der Waals surface area contributed by atoms with Gasteiger partial charge in [0.05, 0.1) is 0 Å². The summed E-state index contributed by atoms with van der Waals surface area (Å²) in [5.41, 5.74) is 0. The predicted molar refractivity (Wildman–Crippen MR) is 62.3 cm³/mol. The van der Waals surface area contributed by atoms with E-state index in [1.54, 1.807) is 6.92 Å². The second-order valence-corrected chi connectivity index (χ2v) is 5.88. The highest BCUT2D eigenvalue weighted by Gasteiger charge is 2.15. The first-order valence-electron chi connectivity index (χ1n) is 4.49. The van der Waals surface area contributed by atoms with E-state index >= 15 is 0 Å². The minimum atomic E-state index is -3.48. The molecule has 0 radical (unpaired) electrons. The molecule has 0 saturated carbocycles. The van der Waals surface area contributed by atoms with Gasteiger partial charge < -0.3 is 0 Å². The molecule has 0 atom stereocenters. The highest BCUT2D eigenvalue weighted by atomic mass is 32.2. The highest BCUT2D eigenvalue weighted by molar-refractivity contribution is 7.91. The molecule has 1 aromatic rings. The van der Waals surface area contributed by atoms with E-state index in [4.69, 9.17) is 5.26 Å². The summed E-state index contributed by atoms with van der Waals surface area (Å²) < 4.78 is 25.9. The molecule has 16 heavy (non-hydrogen) atoms. The van der Waals surface area contributed by atoms with Crippen LogP contribution in [0.2, 0.25) is 0 Å². The molecule has 0 amide bonds. The lowest BCUT2D eigenvalue weighted by Gasteiger charge is -2.01. The van der Waals surface area contributed by atoms with Crippen LogP contribution in [0.1, 0.15) is 18.2 Å². The van der Waals surface area contributed by atoms with Crippen LogP contribution in [-0.4, -0.2) is 15.0 Å². The maximum Gasteiger partial charge on any atom is 0.250 e. The first kappa shape index (κ1) is 12.7. The predicted octanol–water partition coefficient (Wildman–Crippen LogP) is 1.31. The Balaban J connectivity index is 2.70. The van der Waals surface area contributed by atoms with Gasteiger partial charge >= 0.3 is 0 Å². The summed E-state index contributed by atoms with van der Waals surface area (Å²) in [6.45, 7) is 1.98. The fourth-order valence-corrected chi connectivity index (χ4v) is 3.15. The Morgan fingerprint density at radius 1 is 1.50 bits per heavy atom. The number of nitrogens with zero attached hydrogens (tertiary/aromatic N) is 1. The molecular formula is C10H10N2O2S2. The van der Waals surface area contributed by atoms with Crippen molar-refractivity contribution in [3.63, 3.8) is 0 Å². The smallest absolute Gasteiger partial charge is 0.209 e. The van der Waals surface area contributed by atoms with Crippen molar-refractivity contribution in [1.82, 2.24) is 4.72 Å². The first-order valence-corrected chi connectivity index (χ1v) is 6.79. The Kier molecular flexibility index (Phi) is 4.51. The number of hydrogen-bond acceptors (Lipinski definition) is 4. The van der Waals surface area contributed by atoms with Gasteiger partial charge in [-0.1, -0.05) is 0 Å². The van der Waals surface area contributed by atoms with Gasteiger partial charge in [0.25, 0.3) is 0 Å². The summed E-state index contributed by atoms with van der Waals surface area (Å²) in [5.74, 6) is 5.44. The van der Waals surface area contributed by atoms with Crippen molar-refractivity contribution in [2.75, 3.05) is 6.54 Å². The molecule has 1 aromatic heterocycles. The van der Waals surface area contributed by atoms with Crippen LogP contribution in [0.3, 0.4) is 0 Å². The maximum atomic E-state index is 11.7. The Morgan fingerprint density at radius 3 is 2.81 bits per heavy atom. The molecule has 1 N–H and O–H groups in total. The Morgan fingerprint density at radius 2 is 2.25 bits per heavy atom. The van der Waals surface area contributed by atoms with Crippen LogP contribution in [0.4, 0.5) is 0 Å². The number of nitriles is 1. The summed E-state index contributed by atoms with van der Waals surface area (Å²) in [5, 5.41) is 8.59. The van der Waals surface area contributed by atoms with Crippen molar-refractivity contribution in [2.24, 2.45) is 0 Å². The van der Waals surface area contributed by atoms with Crippen molar-refractivity contribution < 1.29 is 8.42 Å². The largest absolute Gasteiger partial charge is 0.250 e. The van der Waals surface area contributed by atoms with Crippen LogP contribution in [0, 0.1) is 23.2 Å². The zero-order valence-electron chi connectivity index (χ0n) is 8.65. The van der Waals surface area contributed by atoms with E-state index in [-0.39, 0.29) is 10.8 Å². The summed E-state index contributed by atoms with van der Waals surface area (Å²) in [6, 6.07) is 4.82. The molecule has 0 aliphatic carbocycles. The van der Waals surface area contributed by atoms with Gasteiger partial charge in [0.2, 0.25) is 10.0 Å². The summed E-state index contributed by atoms with van der Waals surface area (Å²) >= 11 is 0.956. The standard InChI is InChI=1S/C10H10N2O2S2/c1-2-3-4-7-12-16(13,14)10-6-5-9(8-11)15-10/h5-6,12H,4,7H2,1H3. The monoisotopic (exact) mass is 254 g/mol. The quantitative estimate of drug-likeness (QED) is 0.650. The molecular weight excluding hydrogens is 244 g/mol. The van der Waals surface area contributed by atoms with Crippen LogP contribution in [0.15, 0.2) is 16.3 Å². The van der Waals surface area contributed by atoms with Gasteiger partial charge in [0.15, 0.2) is 0 Å². The third kappa shape index (κ3) is 3.35. The van der Waals surface area contributed by atoms with E-state index < -0.39 is 10.0 Å². The zero-order valence-corrected chi connectivity index (χ0v) is 10.3. The van der Waals surface area contributed by atoms with Crippen molar-refractivity contribution in [1.29, 1.82) is 5.26 Å². The molecule has 1 rings (SSSR count). The van der Waals surface area contributed by atoms with E-state index in [1.807, 2.05) is 6.07 Å². The Bertz CT molecular complexity index is 556. The first-order chi connectivity index (χ1) is 7.60. The second-order valence-electron chi connectivity index (χ2n) is 2.81. The SMILES string of the molecule is CC#CCCNS(=O)(=O)c1ccc(C#N)s1.